The van der Waals surface area contributed by atoms with E-state index >= 15 is 0 Å². The van der Waals surface area contributed by atoms with Crippen LogP contribution < -0.4 is 0 Å². The van der Waals surface area contributed by atoms with Gasteiger partial charge in [0.05, 0.1) is 31.8 Å². The molecule has 0 atom stereocenters. The fraction of sp³-hybridized carbons (Fsp3) is 0. The summed E-state index contributed by atoms with van der Waals surface area (Å²) in [5, 5.41) is 4.88. The van der Waals surface area contributed by atoms with Crippen LogP contribution in [0.25, 0.3) is 175 Å². The molecule has 0 saturated heterocycles. The molecular weight excluding hydrogens is 1500 g/mol. The molecule has 0 fully saturated rings. The van der Waals surface area contributed by atoms with Gasteiger partial charge >= 0.3 is 0 Å². The van der Waals surface area contributed by atoms with Gasteiger partial charge in [-0.1, -0.05) is 298 Å². The van der Waals surface area contributed by atoms with Crippen LogP contribution in [0, 0.1) is 0 Å². The Kier molecular flexibility index (Phi) is 18.4. The molecule has 10 nitrogen and oxygen atoms in total. The van der Waals surface area contributed by atoms with E-state index in [0.29, 0.717) is 33.3 Å². The van der Waals surface area contributed by atoms with E-state index < -0.39 is 0 Å². The van der Waals surface area contributed by atoms with Gasteiger partial charge in [-0.05, 0) is 94.5 Å². The van der Waals surface area contributed by atoms with Crippen molar-refractivity contribution < 1.29 is 8.83 Å². The van der Waals surface area contributed by atoms with Gasteiger partial charge in [-0.2, -0.15) is 0 Å². The topological polar surface area (TPSA) is 129 Å². The number of aromatic nitrogens is 8. The Hall–Kier alpha value is -11.5. The first-order valence-electron chi connectivity index (χ1n) is 33.2. The van der Waals surface area contributed by atoms with Gasteiger partial charge < -0.3 is 8.83 Å². The lowest BCUT2D eigenvalue weighted by molar-refractivity contribution is 0.666. The first-order chi connectivity index (χ1) is 51.2. The molecule has 16 heteroatoms. The highest BCUT2D eigenvalue weighted by molar-refractivity contribution is 9.10. The molecule has 0 bridgehead atoms. The molecule has 496 valence electrons. The molecule has 12 aromatic carbocycles. The Morgan fingerprint density at radius 3 is 1.19 bits per heavy atom. The molecular formula is C88H52Br2Cl2N8O2S2. The number of hydrogen-bond donors (Lipinski definition) is 0. The molecule has 0 radical (unpaired) electrons. The van der Waals surface area contributed by atoms with Crippen LogP contribution in [0.3, 0.4) is 0 Å². The van der Waals surface area contributed by atoms with Crippen molar-refractivity contribution in [1.29, 1.82) is 0 Å². The standard InChI is InChI=1S/C28H17BrN2O.C28H17BrN2S.C16H9ClN2O.C16H9ClN2S/c29-22-10-6-9-21(17-22)18-13-15-20(16-14-18)28-30-25(19-7-2-1-3-8-19)27-26(31-28)23-11-4-5-12-24(23)32-27;29-22-16-14-21(15-17-22)28-30-25(27-26(31-28)23-8-4-5-9-24(23)32-27)20-12-10-19(11-13-20)18-6-2-1-3-7-18;17-15-14-13(11-8-4-5-9-12(11)20-14)18-16(19-15)10-6-2-1-3-7-10;17-16-18-13(10-6-2-1-3-7-10)15-14(19-16)11-8-4-5-9-12(11)20-15/h2*1-17H;2*1-9H. The minimum Gasteiger partial charge on any atom is -0.452 e. The zero-order chi connectivity index (χ0) is 70.0. The Bertz CT molecular complexity index is 6520. The molecule has 0 unspecified atom stereocenters. The highest BCUT2D eigenvalue weighted by Gasteiger charge is 2.21. The van der Waals surface area contributed by atoms with Gasteiger partial charge in [0.15, 0.2) is 33.8 Å². The smallest absolute Gasteiger partial charge is 0.223 e. The lowest BCUT2D eigenvalue weighted by Gasteiger charge is -2.08. The van der Waals surface area contributed by atoms with Crippen LogP contribution in [0.15, 0.2) is 333 Å². The molecule has 0 aliphatic heterocycles. The summed E-state index contributed by atoms with van der Waals surface area (Å²) in [7, 11) is 0. The molecule has 0 N–H and O–H groups in total. The van der Waals surface area contributed by atoms with Crippen molar-refractivity contribution in [3.63, 3.8) is 0 Å². The van der Waals surface area contributed by atoms with E-state index in [2.05, 4.69) is 197 Å². The van der Waals surface area contributed by atoms with Gasteiger partial charge in [0.2, 0.25) is 5.28 Å². The van der Waals surface area contributed by atoms with Crippen molar-refractivity contribution in [3.8, 4) is 90.2 Å². The molecule has 8 heterocycles. The normalized spacial score (nSPS) is 11.3. The van der Waals surface area contributed by atoms with Crippen LogP contribution in [0.1, 0.15) is 0 Å². The van der Waals surface area contributed by atoms with E-state index in [4.69, 9.17) is 52.0 Å². The summed E-state index contributed by atoms with van der Waals surface area (Å²) in [5.41, 5.74) is 19.8. The third-order valence-corrected chi connectivity index (χ3v) is 21.4. The number of para-hydroxylation sites is 2. The molecule has 8 aromatic heterocycles. The van der Waals surface area contributed by atoms with E-state index in [-0.39, 0.29) is 0 Å². The largest absolute Gasteiger partial charge is 0.452 e. The zero-order valence-corrected chi connectivity index (χ0v) is 61.1. The van der Waals surface area contributed by atoms with Crippen molar-refractivity contribution in [2.24, 2.45) is 0 Å². The Morgan fingerprint density at radius 2 is 0.625 bits per heavy atom. The zero-order valence-electron chi connectivity index (χ0n) is 54.7. The molecule has 104 heavy (non-hydrogen) atoms. The summed E-state index contributed by atoms with van der Waals surface area (Å²) in [4.78, 5) is 37.7. The number of halogens is 4. The maximum atomic E-state index is 6.24. The SMILES string of the molecule is Brc1ccc(-c2nc(-c3ccc(-c4ccccc4)cc3)c3sc4ccccc4c3n2)cc1.Brc1cccc(-c2ccc(-c3nc(-c4ccccc4)c4oc5ccccc5c4n3)cc2)c1.Clc1nc(-c2ccccc2)c2sc3ccccc3c2n1.Clc1nc(-c2ccccc2)nc2c1oc1ccccc12. The van der Waals surface area contributed by atoms with E-state index in [1.807, 2.05) is 170 Å². The number of thiophene rings is 2. The Morgan fingerprint density at radius 1 is 0.260 bits per heavy atom. The molecule has 0 aliphatic carbocycles. The summed E-state index contributed by atoms with van der Waals surface area (Å²) < 4.78 is 18.7. The third kappa shape index (κ3) is 13.4. The van der Waals surface area contributed by atoms with Gasteiger partial charge in [0.1, 0.15) is 27.9 Å². The predicted octanol–water partition coefficient (Wildman–Crippen LogP) is 26.6. The van der Waals surface area contributed by atoms with Gasteiger partial charge in [0, 0.05) is 73.3 Å². The van der Waals surface area contributed by atoms with Crippen LogP contribution >= 0.6 is 77.7 Å². The van der Waals surface area contributed by atoms with Gasteiger partial charge in [-0.25, -0.2) is 39.9 Å². The highest BCUT2D eigenvalue weighted by Crippen LogP contribution is 2.43. The summed E-state index contributed by atoms with van der Waals surface area (Å²) in [5.74, 6) is 2.04. The number of rotatable bonds is 8. The van der Waals surface area contributed by atoms with Crippen LogP contribution in [0.5, 0.6) is 0 Å². The molecule has 20 aromatic rings. The van der Waals surface area contributed by atoms with Gasteiger partial charge in [0.25, 0.3) is 0 Å². The fourth-order valence-electron chi connectivity index (χ4n) is 12.6. The first kappa shape index (κ1) is 65.8. The molecule has 0 amide bonds. The van der Waals surface area contributed by atoms with Crippen LogP contribution in [0.2, 0.25) is 10.4 Å². The Labute approximate surface area is 630 Å². The fourth-order valence-corrected chi connectivity index (χ4v) is 15.9. The van der Waals surface area contributed by atoms with Gasteiger partial charge in [-0.15, -0.1) is 22.7 Å². The lowest BCUT2D eigenvalue weighted by Crippen LogP contribution is -1.93. The van der Waals surface area contributed by atoms with Crippen molar-refractivity contribution in [1.82, 2.24) is 39.9 Å². The van der Waals surface area contributed by atoms with Crippen LogP contribution in [-0.2, 0) is 0 Å². The maximum absolute atomic E-state index is 6.24. The summed E-state index contributed by atoms with van der Waals surface area (Å²) in [6.07, 6.45) is 0. The monoisotopic (exact) mass is 1540 g/mol. The lowest BCUT2D eigenvalue weighted by atomic mass is 10.0. The number of benzene rings is 12. The summed E-state index contributed by atoms with van der Waals surface area (Å²) in [6.45, 7) is 0. The van der Waals surface area contributed by atoms with Crippen molar-refractivity contribution in [3.05, 3.63) is 335 Å². The van der Waals surface area contributed by atoms with E-state index in [9.17, 15) is 0 Å². The van der Waals surface area contributed by atoms with E-state index in [0.717, 1.165) is 135 Å². The average molecular weight is 1550 g/mol. The molecule has 0 saturated carbocycles. The number of fused-ring (bicyclic) bond motifs is 12. The number of furan rings is 2. The average Bonchev–Trinajstić information content (AvgIpc) is 1.61. The van der Waals surface area contributed by atoms with Crippen molar-refractivity contribution in [2.75, 3.05) is 0 Å². The second-order valence-corrected chi connectivity index (χ2v) is 28.8. The number of hydrogen-bond acceptors (Lipinski definition) is 12. The van der Waals surface area contributed by atoms with Gasteiger partial charge in [-0.3, -0.25) is 0 Å². The highest BCUT2D eigenvalue weighted by atomic mass is 79.9. The van der Waals surface area contributed by atoms with Crippen LogP contribution in [0.4, 0.5) is 0 Å². The van der Waals surface area contributed by atoms with E-state index in [1.54, 1.807) is 22.7 Å². The second-order valence-electron chi connectivity index (χ2n) is 24.2. The third-order valence-electron chi connectivity index (χ3n) is 17.6. The summed E-state index contributed by atoms with van der Waals surface area (Å²) >= 11 is 22.9. The first-order valence-corrected chi connectivity index (χ1v) is 37.2. The minimum absolute atomic E-state index is 0.292. The Balaban J connectivity index is 0.000000105. The second kappa shape index (κ2) is 29.1. The maximum Gasteiger partial charge on any atom is 0.223 e. The summed E-state index contributed by atoms with van der Waals surface area (Å²) in [6, 6.07) is 106. The van der Waals surface area contributed by atoms with Crippen molar-refractivity contribution >= 4 is 162 Å². The van der Waals surface area contributed by atoms with Crippen molar-refractivity contribution in [2.45, 2.75) is 0 Å². The van der Waals surface area contributed by atoms with E-state index in [1.165, 1.54) is 25.9 Å². The quantitative estimate of drug-likeness (QED) is 0.107. The van der Waals surface area contributed by atoms with Crippen LogP contribution in [-0.4, -0.2) is 39.9 Å². The molecule has 20 rings (SSSR count). The number of nitrogens with zero attached hydrogens (tertiary/aromatic N) is 8. The molecule has 0 aliphatic rings. The molecule has 0 spiro atoms. The predicted molar refractivity (Wildman–Crippen MR) is 437 cm³/mol. The minimum atomic E-state index is 0.292.